The van der Waals surface area contributed by atoms with Gasteiger partial charge in [-0.1, -0.05) is 24.3 Å². The van der Waals surface area contributed by atoms with Crippen LogP contribution in [0.5, 0.6) is 0 Å². The van der Waals surface area contributed by atoms with E-state index in [-0.39, 0.29) is 6.04 Å². The molecule has 1 aromatic rings. The van der Waals surface area contributed by atoms with E-state index in [0.717, 1.165) is 12.1 Å². The van der Waals surface area contributed by atoms with Crippen LogP contribution in [0.4, 0.5) is 13.2 Å². The molecule has 0 saturated heterocycles. The van der Waals surface area contributed by atoms with Crippen LogP contribution in [-0.4, -0.2) is 6.04 Å². The third kappa shape index (κ3) is 4.20. The number of hydrazine groups is 1. The lowest BCUT2D eigenvalue weighted by Crippen LogP contribution is -2.36. The van der Waals surface area contributed by atoms with Gasteiger partial charge in [-0.15, -0.1) is 6.58 Å². The normalized spacial score (nSPS) is 13.4. The molecule has 1 rings (SSSR count). The molecule has 2 nitrogen and oxygen atoms in total. The zero-order valence-corrected chi connectivity index (χ0v) is 9.30. The second-order valence-electron chi connectivity index (χ2n) is 3.79. The number of nitrogens with two attached hydrogens (primary N) is 1. The highest BCUT2D eigenvalue weighted by Gasteiger charge is 2.30. The van der Waals surface area contributed by atoms with Crippen LogP contribution in [0.25, 0.3) is 0 Å². The summed E-state index contributed by atoms with van der Waals surface area (Å²) < 4.78 is 37.4. The largest absolute Gasteiger partial charge is 0.416 e. The first kappa shape index (κ1) is 13.7. The molecule has 94 valence electrons. The minimum Gasteiger partial charge on any atom is -0.271 e. The Morgan fingerprint density at radius 1 is 1.41 bits per heavy atom. The molecule has 0 radical (unpaired) electrons. The SMILES string of the molecule is C=CCC(Cc1cccc(C(F)(F)F)c1)NN. The fraction of sp³-hybridized carbons (Fsp3) is 0.333. The molecule has 0 fully saturated rings. The Balaban J connectivity index is 2.81. The maximum Gasteiger partial charge on any atom is 0.416 e. The molecule has 17 heavy (non-hydrogen) atoms. The molecular weight excluding hydrogens is 229 g/mol. The van der Waals surface area contributed by atoms with Crippen LogP contribution < -0.4 is 11.3 Å². The first-order valence-electron chi connectivity index (χ1n) is 5.20. The van der Waals surface area contributed by atoms with Gasteiger partial charge < -0.3 is 0 Å². The molecule has 1 aromatic carbocycles. The molecule has 0 aliphatic carbocycles. The summed E-state index contributed by atoms with van der Waals surface area (Å²) >= 11 is 0. The van der Waals surface area contributed by atoms with E-state index in [0.29, 0.717) is 18.4 Å². The zero-order chi connectivity index (χ0) is 12.9. The van der Waals surface area contributed by atoms with Crippen molar-refractivity contribution >= 4 is 0 Å². The Labute approximate surface area is 98.3 Å². The summed E-state index contributed by atoms with van der Waals surface area (Å²) in [5.41, 5.74) is 2.52. The van der Waals surface area contributed by atoms with E-state index in [1.54, 1.807) is 12.1 Å². The number of halogens is 3. The van der Waals surface area contributed by atoms with Crippen LogP contribution >= 0.6 is 0 Å². The molecule has 0 aliphatic rings. The molecule has 5 heteroatoms. The lowest BCUT2D eigenvalue weighted by atomic mass is 10.0. The number of rotatable bonds is 5. The van der Waals surface area contributed by atoms with Gasteiger partial charge in [-0.05, 0) is 24.5 Å². The van der Waals surface area contributed by atoms with E-state index in [2.05, 4.69) is 12.0 Å². The summed E-state index contributed by atoms with van der Waals surface area (Å²) in [6.45, 7) is 3.57. The van der Waals surface area contributed by atoms with Crippen LogP contribution in [0.2, 0.25) is 0 Å². The molecule has 0 aliphatic heterocycles. The molecule has 0 saturated carbocycles. The van der Waals surface area contributed by atoms with Crippen molar-refractivity contribution in [1.82, 2.24) is 5.43 Å². The Bertz CT molecular complexity index is 374. The fourth-order valence-electron chi connectivity index (χ4n) is 1.57. The molecule has 0 bridgehead atoms. The average molecular weight is 244 g/mol. The van der Waals surface area contributed by atoms with Gasteiger partial charge in [0.25, 0.3) is 0 Å². The van der Waals surface area contributed by atoms with Crippen LogP contribution in [0.15, 0.2) is 36.9 Å². The quantitative estimate of drug-likeness (QED) is 0.475. The number of nitrogens with one attached hydrogen (secondary N) is 1. The van der Waals surface area contributed by atoms with Gasteiger partial charge in [0, 0.05) is 6.04 Å². The standard InChI is InChI=1S/C12H15F3N2/c1-2-4-11(17-16)8-9-5-3-6-10(7-9)12(13,14)15/h2-3,5-7,11,17H,1,4,8,16H2. The van der Waals surface area contributed by atoms with Crippen molar-refractivity contribution in [2.24, 2.45) is 5.84 Å². The number of benzene rings is 1. The molecule has 0 heterocycles. The van der Waals surface area contributed by atoms with Gasteiger partial charge in [-0.25, -0.2) is 0 Å². The summed E-state index contributed by atoms with van der Waals surface area (Å²) in [6, 6.07) is 5.16. The van der Waals surface area contributed by atoms with Crippen molar-refractivity contribution in [3.8, 4) is 0 Å². The van der Waals surface area contributed by atoms with E-state index < -0.39 is 11.7 Å². The van der Waals surface area contributed by atoms with E-state index in [9.17, 15) is 13.2 Å². The van der Waals surface area contributed by atoms with Gasteiger partial charge in [0.05, 0.1) is 5.56 Å². The van der Waals surface area contributed by atoms with Gasteiger partial charge >= 0.3 is 6.18 Å². The Hall–Kier alpha value is -1.33. The lowest BCUT2D eigenvalue weighted by Gasteiger charge is -2.15. The summed E-state index contributed by atoms with van der Waals surface area (Å²) in [7, 11) is 0. The van der Waals surface area contributed by atoms with Gasteiger partial charge in [0.2, 0.25) is 0 Å². The molecule has 0 spiro atoms. The number of alkyl halides is 3. The van der Waals surface area contributed by atoms with Crippen molar-refractivity contribution in [2.75, 3.05) is 0 Å². The van der Waals surface area contributed by atoms with Crippen LogP contribution in [-0.2, 0) is 12.6 Å². The van der Waals surface area contributed by atoms with Crippen LogP contribution in [0.1, 0.15) is 17.5 Å². The maximum atomic E-state index is 12.5. The van der Waals surface area contributed by atoms with E-state index in [1.165, 1.54) is 6.07 Å². The van der Waals surface area contributed by atoms with Crippen molar-refractivity contribution in [1.29, 1.82) is 0 Å². The second-order valence-corrected chi connectivity index (χ2v) is 3.79. The molecule has 0 amide bonds. The molecule has 3 N–H and O–H groups in total. The van der Waals surface area contributed by atoms with Gasteiger partial charge in [-0.2, -0.15) is 13.2 Å². The third-order valence-electron chi connectivity index (χ3n) is 2.42. The van der Waals surface area contributed by atoms with Crippen LogP contribution in [0.3, 0.4) is 0 Å². The predicted octanol–water partition coefficient (Wildman–Crippen LogP) is 2.66. The summed E-state index contributed by atoms with van der Waals surface area (Å²) in [5.74, 6) is 5.31. The van der Waals surface area contributed by atoms with E-state index in [1.807, 2.05) is 0 Å². The predicted molar refractivity (Wildman–Crippen MR) is 61.1 cm³/mol. The minimum atomic E-state index is -4.31. The first-order chi connectivity index (χ1) is 7.97. The van der Waals surface area contributed by atoms with Crippen molar-refractivity contribution in [3.05, 3.63) is 48.0 Å². The van der Waals surface area contributed by atoms with Gasteiger partial charge in [0.1, 0.15) is 0 Å². The third-order valence-corrected chi connectivity index (χ3v) is 2.42. The number of hydrogen-bond donors (Lipinski definition) is 2. The summed E-state index contributed by atoms with van der Waals surface area (Å²) in [6.07, 6.45) is -1.59. The second kappa shape index (κ2) is 5.84. The average Bonchev–Trinajstić information content (AvgIpc) is 2.28. The summed E-state index contributed by atoms with van der Waals surface area (Å²) in [5, 5.41) is 0. The Morgan fingerprint density at radius 2 is 2.12 bits per heavy atom. The highest BCUT2D eigenvalue weighted by atomic mass is 19.4. The summed E-state index contributed by atoms with van der Waals surface area (Å²) in [4.78, 5) is 0. The Morgan fingerprint density at radius 3 is 2.65 bits per heavy atom. The van der Waals surface area contributed by atoms with Gasteiger partial charge in [0.15, 0.2) is 0 Å². The lowest BCUT2D eigenvalue weighted by molar-refractivity contribution is -0.137. The van der Waals surface area contributed by atoms with Gasteiger partial charge in [-0.3, -0.25) is 11.3 Å². The topological polar surface area (TPSA) is 38.0 Å². The number of hydrogen-bond acceptors (Lipinski definition) is 2. The highest BCUT2D eigenvalue weighted by Crippen LogP contribution is 2.29. The van der Waals surface area contributed by atoms with E-state index >= 15 is 0 Å². The van der Waals surface area contributed by atoms with Crippen LogP contribution in [0, 0.1) is 0 Å². The minimum absolute atomic E-state index is 0.101. The smallest absolute Gasteiger partial charge is 0.271 e. The van der Waals surface area contributed by atoms with Crippen molar-refractivity contribution < 1.29 is 13.2 Å². The van der Waals surface area contributed by atoms with Crippen molar-refractivity contribution in [2.45, 2.75) is 25.1 Å². The Kier molecular flexibility index (Phi) is 4.72. The fourth-order valence-corrected chi connectivity index (χ4v) is 1.57. The molecule has 0 aromatic heterocycles. The highest BCUT2D eigenvalue weighted by molar-refractivity contribution is 5.26. The molecular formula is C12H15F3N2. The maximum absolute atomic E-state index is 12.5. The van der Waals surface area contributed by atoms with Crippen molar-refractivity contribution in [3.63, 3.8) is 0 Å². The molecule has 1 atom stereocenters. The van der Waals surface area contributed by atoms with E-state index in [4.69, 9.17) is 5.84 Å². The monoisotopic (exact) mass is 244 g/mol. The first-order valence-corrected chi connectivity index (χ1v) is 5.20. The zero-order valence-electron chi connectivity index (χ0n) is 9.30. The molecule has 1 unspecified atom stereocenters.